The Morgan fingerprint density at radius 1 is 1.09 bits per heavy atom. The van der Waals surface area contributed by atoms with Gasteiger partial charge >= 0.3 is 5.97 Å². The van der Waals surface area contributed by atoms with Crippen molar-refractivity contribution in [3.63, 3.8) is 0 Å². The van der Waals surface area contributed by atoms with Crippen LogP contribution in [0.25, 0.3) is 11.3 Å². The maximum atomic E-state index is 11.2. The second-order valence-corrected chi connectivity index (χ2v) is 5.56. The van der Waals surface area contributed by atoms with Crippen LogP contribution in [0.5, 0.6) is 0 Å². The first kappa shape index (κ1) is 15.0. The molecule has 0 atom stereocenters. The minimum absolute atomic E-state index is 0.349. The highest BCUT2D eigenvalue weighted by molar-refractivity contribution is 5.89. The number of aromatic nitrogens is 2. The number of rotatable bonds is 4. The quantitative estimate of drug-likeness (QED) is 0.795. The maximum Gasteiger partial charge on any atom is 0.337 e. The molecule has 0 spiro atoms. The number of benzene rings is 1. The lowest BCUT2D eigenvalue weighted by molar-refractivity contribution is 0.0696. The van der Waals surface area contributed by atoms with E-state index in [1.54, 1.807) is 6.07 Å². The molecule has 0 aliphatic rings. The van der Waals surface area contributed by atoms with Gasteiger partial charge < -0.3 is 9.67 Å². The Balaban J connectivity index is 1.94. The molecule has 0 aliphatic heterocycles. The summed E-state index contributed by atoms with van der Waals surface area (Å²) in [5.74, 6) is -0.893. The average molecular weight is 306 g/mol. The molecule has 0 saturated heterocycles. The van der Waals surface area contributed by atoms with Crippen LogP contribution in [0.1, 0.15) is 27.4 Å². The number of hydrogen-bond donors (Lipinski definition) is 1. The van der Waals surface area contributed by atoms with E-state index in [4.69, 9.17) is 4.98 Å². The third-order valence-corrected chi connectivity index (χ3v) is 4.00. The molecule has 0 amide bonds. The van der Waals surface area contributed by atoms with E-state index in [1.807, 2.05) is 66.9 Å². The molecule has 1 aromatic carbocycles. The summed E-state index contributed by atoms with van der Waals surface area (Å²) in [7, 11) is 0. The Bertz CT molecular complexity index is 851. The molecule has 4 heteroatoms. The van der Waals surface area contributed by atoms with E-state index in [0.29, 0.717) is 12.1 Å². The molecule has 23 heavy (non-hydrogen) atoms. The van der Waals surface area contributed by atoms with Crippen LogP contribution < -0.4 is 0 Å². The number of carboxylic acids is 1. The molecule has 0 radical (unpaired) electrons. The molecule has 1 N–H and O–H groups in total. The van der Waals surface area contributed by atoms with Crippen molar-refractivity contribution >= 4 is 5.97 Å². The van der Waals surface area contributed by atoms with Crippen LogP contribution in [0.15, 0.2) is 54.6 Å². The zero-order valence-corrected chi connectivity index (χ0v) is 13.2. The highest BCUT2D eigenvalue weighted by Crippen LogP contribution is 2.19. The van der Waals surface area contributed by atoms with Gasteiger partial charge in [0.2, 0.25) is 0 Å². The number of hydrogen-bond acceptors (Lipinski definition) is 2. The summed E-state index contributed by atoms with van der Waals surface area (Å²) in [6, 6.07) is 17.7. The standard InChI is InChI=1S/C19H18N2O2/c1-13-11-17(19(22)23)14(2)21(13)12-16-9-6-10-18(20-16)15-7-4-3-5-8-15/h3-11H,12H2,1-2H3,(H,22,23). The van der Waals surface area contributed by atoms with Gasteiger partial charge in [0, 0.05) is 17.0 Å². The van der Waals surface area contributed by atoms with Gasteiger partial charge in [-0.1, -0.05) is 36.4 Å². The van der Waals surface area contributed by atoms with E-state index in [9.17, 15) is 9.90 Å². The minimum Gasteiger partial charge on any atom is -0.478 e. The predicted octanol–water partition coefficient (Wildman–Crippen LogP) is 3.91. The average Bonchev–Trinajstić information content (AvgIpc) is 2.84. The number of aryl methyl sites for hydroxylation is 1. The van der Waals surface area contributed by atoms with Gasteiger partial charge in [-0.05, 0) is 32.0 Å². The van der Waals surface area contributed by atoms with Crippen LogP contribution in [0.3, 0.4) is 0 Å². The Labute approximate surface area is 135 Å². The second-order valence-electron chi connectivity index (χ2n) is 5.56. The van der Waals surface area contributed by atoms with E-state index in [-0.39, 0.29) is 0 Å². The van der Waals surface area contributed by atoms with Crippen LogP contribution in [-0.2, 0) is 6.54 Å². The lowest BCUT2D eigenvalue weighted by Crippen LogP contribution is -2.07. The molecule has 0 bridgehead atoms. The van der Waals surface area contributed by atoms with Crippen LogP contribution in [0, 0.1) is 13.8 Å². The van der Waals surface area contributed by atoms with Crippen molar-refractivity contribution in [3.8, 4) is 11.3 Å². The summed E-state index contributed by atoms with van der Waals surface area (Å²) in [5, 5.41) is 9.23. The van der Waals surface area contributed by atoms with Gasteiger partial charge in [0.25, 0.3) is 0 Å². The Hall–Kier alpha value is -2.88. The molecular formula is C19H18N2O2. The fourth-order valence-corrected chi connectivity index (χ4v) is 2.76. The molecule has 2 aromatic heterocycles. The summed E-state index contributed by atoms with van der Waals surface area (Å²) in [4.78, 5) is 16.0. The SMILES string of the molecule is Cc1cc(C(=O)O)c(C)n1Cc1cccc(-c2ccccc2)n1. The van der Waals surface area contributed by atoms with Gasteiger partial charge in [0.15, 0.2) is 0 Å². The molecule has 0 saturated carbocycles. The van der Waals surface area contributed by atoms with Crippen molar-refractivity contribution in [2.24, 2.45) is 0 Å². The molecular weight excluding hydrogens is 288 g/mol. The van der Waals surface area contributed by atoms with E-state index in [2.05, 4.69) is 0 Å². The normalized spacial score (nSPS) is 10.7. The fourth-order valence-electron chi connectivity index (χ4n) is 2.76. The van der Waals surface area contributed by atoms with Crippen molar-refractivity contribution < 1.29 is 9.90 Å². The Kier molecular flexibility index (Phi) is 3.98. The summed E-state index contributed by atoms with van der Waals surface area (Å²) < 4.78 is 1.99. The van der Waals surface area contributed by atoms with E-state index >= 15 is 0 Å². The summed E-state index contributed by atoms with van der Waals surface area (Å²) in [5.41, 5.74) is 4.92. The van der Waals surface area contributed by atoms with Crippen molar-refractivity contribution in [2.75, 3.05) is 0 Å². The summed E-state index contributed by atoms with van der Waals surface area (Å²) >= 11 is 0. The van der Waals surface area contributed by atoms with Gasteiger partial charge in [-0.3, -0.25) is 4.98 Å². The van der Waals surface area contributed by atoms with Gasteiger partial charge in [-0.2, -0.15) is 0 Å². The number of aromatic carboxylic acids is 1. The molecule has 0 unspecified atom stereocenters. The van der Waals surface area contributed by atoms with Gasteiger partial charge in [0.1, 0.15) is 0 Å². The van der Waals surface area contributed by atoms with E-state index in [1.165, 1.54) is 0 Å². The first-order valence-electron chi connectivity index (χ1n) is 7.47. The van der Waals surface area contributed by atoms with Crippen LogP contribution in [0.4, 0.5) is 0 Å². The third kappa shape index (κ3) is 3.01. The highest BCUT2D eigenvalue weighted by Gasteiger charge is 2.15. The third-order valence-electron chi connectivity index (χ3n) is 4.00. The lowest BCUT2D eigenvalue weighted by Gasteiger charge is -2.10. The first-order chi connectivity index (χ1) is 11.1. The molecule has 0 aliphatic carbocycles. The first-order valence-corrected chi connectivity index (χ1v) is 7.47. The number of carbonyl (C=O) groups is 1. The topological polar surface area (TPSA) is 55.1 Å². The van der Waals surface area contributed by atoms with Crippen LogP contribution in [-0.4, -0.2) is 20.6 Å². The Morgan fingerprint density at radius 3 is 2.48 bits per heavy atom. The highest BCUT2D eigenvalue weighted by atomic mass is 16.4. The monoisotopic (exact) mass is 306 g/mol. The minimum atomic E-state index is -0.893. The van der Waals surface area contributed by atoms with E-state index in [0.717, 1.165) is 28.3 Å². The zero-order valence-electron chi connectivity index (χ0n) is 13.2. The van der Waals surface area contributed by atoms with Crippen molar-refractivity contribution in [1.29, 1.82) is 0 Å². The second kappa shape index (κ2) is 6.08. The molecule has 4 nitrogen and oxygen atoms in total. The lowest BCUT2D eigenvalue weighted by atomic mass is 10.1. The molecule has 0 fully saturated rings. The Morgan fingerprint density at radius 2 is 1.83 bits per heavy atom. The van der Waals surface area contributed by atoms with Crippen molar-refractivity contribution in [2.45, 2.75) is 20.4 Å². The van der Waals surface area contributed by atoms with Crippen molar-refractivity contribution in [3.05, 3.63) is 77.2 Å². The van der Waals surface area contributed by atoms with Crippen molar-refractivity contribution in [1.82, 2.24) is 9.55 Å². The fraction of sp³-hybridized carbons (Fsp3) is 0.158. The van der Waals surface area contributed by atoms with Gasteiger partial charge in [-0.25, -0.2) is 4.79 Å². The van der Waals surface area contributed by atoms with Gasteiger partial charge in [-0.15, -0.1) is 0 Å². The smallest absolute Gasteiger partial charge is 0.337 e. The van der Waals surface area contributed by atoms with Crippen LogP contribution >= 0.6 is 0 Å². The van der Waals surface area contributed by atoms with E-state index < -0.39 is 5.97 Å². The molecule has 3 aromatic rings. The molecule has 3 rings (SSSR count). The van der Waals surface area contributed by atoms with Crippen LogP contribution in [0.2, 0.25) is 0 Å². The predicted molar refractivity (Wildman–Crippen MR) is 89.6 cm³/mol. The molecule has 2 heterocycles. The number of carboxylic acid groups (broad SMARTS) is 1. The zero-order chi connectivity index (χ0) is 16.4. The maximum absolute atomic E-state index is 11.2. The summed E-state index contributed by atoms with van der Waals surface area (Å²) in [6.45, 7) is 4.31. The number of pyridine rings is 1. The largest absolute Gasteiger partial charge is 0.478 e. The summed E-state index contributed by atoms with van der Waals surface area (Å²) in [6.07, 6.45) is 0. The van der Waals surface area contributed by atoms with Gasteiger partial charge in [0.05, 0.1) is 23.5 Å². The molecule has 116 valence electrons. The number of nitrogens with zero attached hydrogens (tertiary/aromatic N) is 2.